The van der Waals surface area contributed by atoms with Gasteiger partial charge in [0.2, 0.25) is 17.7 Å². The van der Waals surface area contributed by atoms with Crippen LogP contribution in [0.4, 0.5) is 0 Å². The number of ether oxygens (including phenoxy) is 10. The highest BCUT2D eigenvalue weighted by molar-refractivity contribution is 7.47. The van der Waals surface area contributed by atoms with Crippen LogP contribution < -0.4 is 10.6 Å². The molecule has 15 N–H and O–H groups in total. The standard InChI is InChI=1S/C85H151N3O36P2.CH4O/c1-57-46-68(124-125(107,108)111-5)72(119-57)53-118-126(109,110)123-67-47-61(49-89)88(48-67)75(100)35-17-9-7-6-8-16-34-74(99)87-85(54-112-43-36-65(96)28-14-10-12-26-62(93)31-19-23-40-115-82-58(2)76(101)79(104)69(50-90)120-82,55-113-44-37-66(97)29-15-11-13-27-63(94)32-20-24-41-116-83-59(3)77(102)80(105)70(51-91)121-83)56-114-45-38-73(98)86-39-22-18-30-64(95)33-21-25-42-117-84-60(4)78(103)81(106)71(52-92)122-84;1-2/h57-61,67-72,76-84,89-92,101-106H,6-56H2,1-5H3,(H,86,98)(H,87,99)(H,107,108)(H,109,110);2H,1H3/t57-,58?,59?,60?,61-,67+,68-,69?,70?,71?,72+,76+,77+,78+,79-,80-,81-,82+,83+,84+,85?;/m0./s1. The van der Waals surface area contributed by atoms with Gasteiger partial charge in [-0.15, -0.1) is 0 Å². The first-order valence-corrected chi connectivity index (χ1v) is 49.0. The molecule has 8 unspecified atom stereocenters. The third-order valence-corrected chi connectivity index (χ3v) is 25.6. The molecule has 0 aromatic carbocycles. The summed E-state index contributed by atoms with van der Waals surface area (Å²) < 4.78 is 104. The minimum Gasteiger partial charge on any atom is -0.400 e. The smallest absolute Gasteiger partial charge is 0.400 e. The highest BCUT2D eigenvalue weighted by Crippen LogP contribution is 2.50. The van der Waals surface area contributed by atoms with Crippen LogP contribution in [-0.2, 0) is 113 Å². The Balaban J connectivity index is 0.0000170. The fraction of sp³-hybridized carbons (Fsp3) is 0.907. The normalized spacial score (nSPS) is 28.0. The second kappa shape index (κ2) is 65.0. The average Bonchev–Trinajstić information content (AvgIpc) is 1.32. The van der Waals surface area contributed by atoms with Crippen molar-refractivity contribution in [3.63, 3.8) is 0 Å². The Hall–Kier alpha value is -3.86. The molecule has 5 aliphatic heterocycles. The summed E-state index contributed by atoms with van der Waals surface area (Å²) in [6.07, 6.45) is -1.63. The molecule has 0 aromatic rings. The van der Waals surface area contributed by atoms with Crippen molar-refractivity contribution in [2.75, 3.05) is 120 Å². The monoisotopic (exact) mass is 1880 g/mol. The van der Waals surface area contributed by atoms with E-state index in [-0.39, 0.29) is 177 Å². The summed E-state index contributed by atoms with van der Waals surface area (Å²) in [4.78, 5) is 128. The Bertz CT molecular complexity index is 3010. The molecule has 0 saturated carbocycles. The van der Waals surface area contributed by atoms with E-state index in [0.29, 0.717) is 167 Å². The molecule has 40 nitrogen and oxygen atoms in total. The number of amides is 3. The number of aliphatic hydroxyl groups excluding tert-OH is 11. The van der Waals surface area contributed by atoms with Crippen molar-refractivity contribution in [1.82, 2.24) is 15.5 Å². The van der Waals surface area contributed by atoms with Crippen LogP contribution in [0.15, 0.2) is 0 Å². The van der Waals surface area contributed by atoms with Crippen LogP contribution >= 0.6 is 15.6 Å². The molecule has 0 bridgehead atoms. The molecular weight excluding hydrogens is 1730 g/mol. The summed E-state index contributed by atoms with van der Waals surface area (Å²) in [5, 5.41) is 113. The zero-order chi connectivity index (χ0) is 94.6. The van der Waals surface area contributed by atoms with Crippen LogP contribution in [0.25, 0.3) is 0 Å². The lowest BCUT2D eigenvalue weighted by Gasteiger charge is -2.40. The van der Waals surface area contributed by atoms with Crippen LogP contribution in [0.2, 0.25) is 0 Å². The number of nitrogens with zero attached hydrogens (tertiary/aromatic N) is 1. The molecule has 128 heavy (non-hydrogen) atoms. The number of aliphatic hydroxyl groups is 11. The summed E-state index contributed by atoms with van der Waals surface area (Å²) in [7, 11) is -7.20. The SMILES string of the molecule is CO.COP(=O)(O)O[C@H]1C[C@H](C)O[C@@H]1COP(=O)(O)O[C@@H]1C[C@@H](CO)N(C(=O)CCCCCCCCC(=O)NC(COCCC(=O)CCCCCC(=O)CCCCO[C@@H]2OC(CO)[C@H](O)[C@H](O)C2C)(COCCC(=O)CCCCCC(=O)CCCCO[C@@H]2OC(CO)[C@H](O)[C@H](O)C2C)COCCC(=O)NCCCCC(=O)CCCCO[C@@H]2OC(CO)[C@H](O)[C@H](O)C2C)C1. The molecule has 0 aliphatic carbocycles. The van der Waals surface area contributed by atoms with Gasteiger partial charge in [-0.3, -0.25) is 56.5 Å². The third kappa shape index (κ3) is 45.2. The van der Waals surface area contributed by atoms with Crippen molar-refractivity contribution in [3.05, 3.63) is 0 Å². The van der Waals surface area contributed by atoms with Crippen molar-refractivity contribution in [3.8, 4) is 0 Å². The van der Waals surface area contributed by atoms with Gasteiger partial charge in [-0.05, 0) is 103 Å². The Morgan fingerprint density at radius 3 is 1.18 bits per heavy atom. The lowest BCUT2D eigenvalue weighted by Crippen LogP contribution is -2.58. The Kier molecular flexibility index (Phi) is 59.1. The molecular formula is C86H155N3O37P2. The Morgan fingerprint density at radius 2 is 0.773 bits per heavy atom. The second-order valence-corrected chi connectivity index (χ2v) is 37.2. The molecule has 0 spiro atoms. The van der Waals surface area contributed by atoms with E-state index in [0.717, 1.165) is 14.2 Å². The maximum Gasteiger partial charge on any atom is 0.472 e. The van der Waals surface area contributed by atoms with Crippen molar-refractivity contribution in [2.24, 2.45) is 17.8 Å². The third-order valence-electron chi connectivity index (χ3n) is 23.6. The molecule has 22 atom stereocenters. The van der Waals surface area contributed by atoms with Gasteiger partial charge in [-0.25, -0.2) is 9.13 Å². The molecule has 746 valence electrons. The van der Waals surface area contributed by atoms with E-state index in [2.05, 4.69) is 15.2 Å². The zero-order valence-electron chi connectivity index (χ0n) is 76.1. The summed E-state index contributed by atoms with van der Waals surface area (Å²) in [5.41, 5.74) is -1.40. The van der Waals surface area contributed by atoms with Gasteiger partial charge in [-0.2, -0.15) is 0 Å². The zero-order valence-corrected chi connectivity index (χ0v) is 77.9. The van der Waals surface area contributed by atoms with Crippen LogP contribution in [0, 0.1) is 17.8 Å². The van der Waals surface area contributed by atoms with Crippen LogP contribution in [0.5, 0.6) is 0 Å². The lowest BCUT2D eigenvalue weighted by molar-refractivity contribution is -0.282. The van der Waals surface area contributed by atoms with Gasteiger partial charge < -0.3 is 129 Å². The first-order valence-electron chi connectivity index (χ1n) is 46.0. The lowest BCUT2D eigenvalue weighted by atomic mass is 9.92. The minimum atomic E-state index is -4.77. The number of hydrogen-bond acceptors (Lipinski definition) is 35. The summed E-state index contributed by atoms with van der Waals surface area (Å²) in [6.45, 7) is 4.42. The Labute approximate surface area is 753 Å². The molecule has 5 fully saturated rings. The Morgan fingerprint density at radius 1 is 0.406 bits per heavy atom. The molecule has 5 saturated heterocycles. The predicted molar refractivity (Wildman–Crippen MR) is 459 cm³/mol. The average molecular weight is 1890 g/mol. The minimum absolute atomic E-state index is 0.0240. The number of ketones is 5. The van der Waals surface area contributed by atoms with E-state index in [1.807, 2.05) is 0 Å². The maximum atomic E-state index is 14.2. The summed E-state index contributed by atoms with van der Waals surface area (Å²) in [5.74, 6) is -2.59. The van der Waals surface area contributed by atoms with Gasteiger partial charge in [0.1, 0.15) is 83.3 Å². The van der Waals surface area contributed by atoms with E-state index in [1.54, 1.807) is 27.7 Å². The molecule has 42 heteroatoms. The fourth-order valence-electron chi connectivity index (χ4n) is 15.7. The van der Waals surface area contributed by atoms with E-state index in [9.17, 15) is 108 Å². The topological polar surface area (TPSA) is 590 Å². The molecule has 5 rings (SSSR count). The molecule has 3 amide bonds. The van der Waals surface area contributed by atoms with Crippen LogP contribution in [0.1, 0.15) is 252 Å². The number of carbonyl (C=O) groups is 8. The number of carbonyl (C=O) groups excluding carboxylic acids is 8. The highest BCUT2D eigenvalue weighted by atomic mass is 31.2. The second-order valence-electron chi connectivity index (χ2n) is 34.3. The molecule has 0 aromatic heterocycles. The quantitative estimate of drug-likeness (QED) is 0.0302. The van der Waals surface area contributed by atoms with Crippen molar-refractivity contribution >= 4 is 62.3 Å². The van der Waals surface area contributed by atoms with Crippen molar-refractivity contribution in [2.45, 2.75) is 362 Å². The molecule has 5 aliphatic rings. The number of phosphoric ester groups is 2. The number of Topliss-reactive ketones (excluding diaryl/α,β-unsaturated/α-hetero) is 5. The number of likely N-dealkylation sites (tertiary alicyclic amines) is 1. The van der Waals surface area contributed by atoms with Gasteiger partial charge in [0.25, 0.3) is 0 Å². The van der Waals surface area contributed by atoms with Gasteiger partial charge >= 0.3 is 15.6 Å². The van der Waals surface area contributed by atoms with E-state index in [4.69, 9.17) is 66.0 Å². The molecule has 5 heterocycles. The van der Waals surface area contributed by atoms with E-state index >= 15 is 0 Å². The number of hydrogen-bond donors (Lipinski definition) is 15. The number of unbranched alkanes of at least 4 members (excludes halogenated alkanes) is 13. The largest absolute Gasteiger partial charge is 0.472 e. The van der Waals surface area contributed by atoms with Crippen LogP contribution in [0.3, 0.4) is 0 Å². The van der Waals surface area contributed by atoms with Gasteiger partial charge in [0.15, 0.2) is 18.9 Å². The van der Waals surface area contributed by atoms with Crippen molar-refractivity contribution in [1.29, 1.82) is 0 Å². The summed E-state index contributed by atoms with van der Waals surface area (Å²) in [6, 6.07) is -0.691. The van der Waals surface area contributed by atoms with E-state index < -0.39 is 176 Å². The first kappa shape index (κ1) is 116. The van der Waals surface area contributed by atoms with Crippen LogP contribution in [-0.4, -0.2) is 347 Å². The highest BCUT2D eigenvalue weighted by Gasteiger charge is 2.47. The first-order chi connectivity index (χ1) is 61.2. The predicted octanol–water partition coefficient (Wildman–Crippen LogP) is 4.01. The van der Waals surface area contributed by atoms with E-state index in [1.165, 1.54) is 4.90 Å². The number of nitrogens with one attached hydrogen (secondary N) is 2. The maximum absolute atomic E-state index is 14.2. The fourth-order valence-corrected chi connectivity index (χ4v) is 17.3. The van der Waals surface area contributed by atoms with Gasteiger partial charge in [-0.1, -0.05) is 59.3 Å². The van der Waals surface area contributed by atoms with Gasteiger partial charge in [0.05, 0.1) is 109 Å². The number of phosphoric acid groups is 2. The van der Waals surface area contributed by atoms with Crippen molar-refractivity contribution < 1.29 is 179 Å². The molecule has 0 radical (unpaired) electrons. The summed E-state index contributed by atoms with van der Waals surface area (Å²) >= 11 is 0. The number of rotatable bonds is 72. The van der Waals surface area contributed by atoms with Gasteiger partial charge in [0, 0.05) is 155 Å².